The highest BCUT2D eigenvalue weighted by atomic mass is 35.5. The highest BCUT2D eigenvalue weighted by Gasteiger charge is 2.02. The van der Waals surface area contributed by atoms with Crippen LogP contribution in [0.3, 0.4) is 0 Å². The predicted molar refractivity (Wildman–Crippen MR) is 65.4 cm³/mol. The number of nitrogens with two attached hydrogens (primary N) is 1. The molecule has 1 aromatic heterocycles. The zero-order valence-corrected chi connectivity index (χ0v) is 9.29. The highest BCUT2D eigenvalue weighted by Crippen LogP contribution is 2.21. The monoisotopic (exact) mass is 234 g/mol. The molecular formula is C12H11ClN2O. The molecule has 16 heavy (non-hydrogen) atoms. The number of hydrogen-bond donors (Lipinski definition) is 2. The number of halogens is 1. The quantitative estimate of drug-likeness (QED) is 0.837. The van der Waals surface area contributed by atoms with Gasteiger partial charge in [-0.15, -0.1) is 0 Å². The maximum absolute atomic E-state index is 11.3. The van der Waals surface area contributed by atoms with Crippen molar-refractivity contribution in [1.82, 2.24) is 4.98 Å². The summed E-state index contributed by atoms with van der Waals surface area (Å²) in [5.74, 6) is 0. The van der Waals surface area contributed by atoms with Gasteiger partial charge in [0.25, 0.3) is 5.56 Å². The Labute approximate surface area is 97.9 Å². The minimum Gasteiger partial charge on any atom is -0.328 e. The second-order valence-electron chi connectivity index (χ2n) is 3.46. The Hall–Kier alpha value is -1.58. The standard InChI is InChI=1S/C12H11ClN2O/c13-11-3-1-2-8(5-11)10-4-9(6-14)12(16)15-7-10/h1-5,7H,6,14H2,(H,15,16). The summed E-state index contributed by atoms with van der Waals surface area (Å²) in [6, 6.07) is 9.23. The Bertz CT molecular complexity index is 563. The van der Waals surface area contributed by atoms with Gasteiger partial charge in [-0.1, -0.05) is 23.7 Å². The summed E-state index contributed by atoms with van der Waals surface area (Å²) in [4.78, 5) is 14.0. The number of rotatable bonds is 2. The van der Waals surface area contributed by atoms with E-state index < -0.39 is 0 Å². The summed E-state index contributed by atoms with van der Waals surface area (Å²) < 4.78 is 0. The molecule has 0 spiro atoms. The van der Waals surface area contributed by atoms with Gasteiger partial charge in [-0.05, 0) is 29.3 Å². The largest absolute Gasteiger partial charge is 0.328 e. The third-order valence-electron chi connectivity index (χ3n) is 2.36. The lowest BCUT2D eigenvalue weighted by Gasteiger charge is -2.03. The van der Waals surface area contributed by atoms with E-state index in [2.05, 4.69) is 4.98 Å². The van der Waals surface area contributed by atoms with Crippen LogP contribution in [0.25, 0.3) is 11.1 Å². The third-order valence-corrected chi connectivity index (χ3v) is 2.59. The summed E-state index contributed by atoms with van der Waals surface area (Å²) in [5, 5.41) is 0.665. The van der Waals surface area contributed by atoms with Gasteiger partial charge in [0.05, 0.1) is 0 Å². The molecule has 0 unspecified atom stereocenters. The summed E-state index contributed by atoms with van der Waals surface area (Å²) >= 11 is 5.90. The van der Waals surface area contributed by atoms with Gasteiger partial charge in [-0.2, -0.15) is 0 Å². The van der Waals surface area contributed by atoms with Crippen LogP contribution < -0.4 is 11.3 Å². The number of aromatic amines is 1. The number of hydrogen-bond acceptors (Lipinski definition) is 2. The Morgan fingerprint density at radius 3 is 2.75 bits per heavy atom. The molecule has 0 saturated carbocycles. The van der Waals surface area contributed by atoms with Crippen LogP contribution in [0.2, 0.25) is 5.02 Å². The van der Waals surface area contributed by atoms with E-state index in [1.165, 1.54) is 0 Å². The number of pyridine rings is 1. The van der Waals surface area contributed by atoms with Gasteiger partial charge in [0.2, 0.25) is 0 Å². The van der Waals surface area contributed by atoms with Crippen molar-refractivity contribution >= 4 is 11.6 Å². The van der Waals surface area contributed by atoms with E-state index in [9.17, 15) is 4.79 Å². The molecule has 0 atom stereocenters. The Balaban J connectivity index is 2.52. The molecule has 3 N–H and O–H groups in total. The van der Waals surface area contributed by atoms with Gasteiger partial charge in [-0.25, -0.2) is 0 Å². The molecule has 0 saturated heterocycles. The van der Waals surface area contributed by atoms with E-state index in [1.54, 1.807) is 18.3 Å². The van der Waals surface area contributed by atoms with E-state index in [4.69, 9.17) is 17.3 Å². The number of benzene rings is 1. The molecular weight excluding hydrogens is 224 g/mol. The molecule has 0 radical (unpaired) electrons. The molecule has 0 aliphatic carbocycles. The van der Waals surface area contributed by atoms with Gasteiger partial charge >= 0.3 is 0 Å². The topological polar surface area (TPSA) is 58.9 Å². The maximum Gasteiger partial charge on any atom is 0.252 e. The second kappa shape index (κ2) is 4.51. The molecule has 0 bridgehead atoms. The molecule has 0 fully saturated rings. The average molecular weight is 235 g/mol. The first-order valence-electron chi connectivity index (χ1n) is 4.88. The van der Waals surface area contributed by atoms with Gasteiger partial charge in [0.15, 0.2) is 0 Å². The Morgan fingerprint density at radius 1 is 1.25 bits per heavy atom. The van der Waals surface area contributed by atoms with Crippen molar-refractivity contribution in [3.8, 4) is 11.1 Å². The minimum absolute atomic E-state index is 0.145. The summed E-state index contributed by atoms with van der Waals surface area (Å²) in [6.07, 6.45) is 1.66. The van der Waals surface area contributed by atoms with Crippen molar-refractivity contribution in [2.24, 2.45) is 5.73 Å². The van der Waals surface area contributed by atoms with Crippen molar-refractivity contribution in [2.75, 3.05) is 0 Å². The van der Waals surface area contributed by atoms with Gasteiger partial charge in [0, 0.05) is 23.3 Å². The fourth-order valence-corrected chi connectivity index (χ4v) is 1.71. The molecule has 0 aliphatic rings. The van der Waals surface area contributed by atoms with E-state index in [0.29, 0.717) is 10.6 Å². The van der Waals surface area contributed by atoms with Crippen LogP contribution in [-0.4, -0.2) is 4.98 Å². The molecule has 3 nitrogen and oxygen atoms in total. The smallest absolute Gasteiger partial charge is 0.252 e. The van der Waals surface area contributed by atoms with E-state index in [-0.39, 0.29) is 12.1 Å². The number of nitrogens with one attached hydrogen (secondary N) is 1. The number of H-pyrrole nitrogens is 1. The van der Waals surface area contributed by atoms with E-state index in [1.807, 2.05) is 18.2 Å². The lowest BCUT2D eigenvalue weighted by atomic mass is 10.1. The summed E-state index contributed by atoms with van der Waals surface area (Å²) in [7, 11) is 0. The van der Waals surface area contributed by atoms with Crippen LogP contribution in [0, 0.1) is 0 Å². The van der Waals surface area contributed by atoms with Gasteiger partial charge in [-0.3, -0.25) is 4.79 Å². The summed E-state index contributed by atoms with van der Waals surface area (Å²) in [5.41, 5.74) is 7.77. The zero-order chi connectivity index (χ0) is 11.5. The zero-order valence-electron chi connectivity index (χ0n) is 8.53. The fraction of sp³-hybridized carbons (Fsp3) is 0.0833. The third kappa shape index (κ3) is 2.15. The van der Waals surface area contributed by atoms with Crippen LogP contribution in [0.15, 0.2) is 41.3 Å². The van der Waals surface area contributed by atoms with Crippen LogP contribution >= 0.6 is 11.6 Å². The van der Waals surface area contributed by atoms with E-state index in [0.717, 1.165) is 11.1 Å². The molecule has 0 amide bonds. The van der Waals surface area contributed by atoms with Crippen LogP contribution in [0.4, 0.5) is 0 Å². The predicted octanol–water partition coefficient (Wildman–Crippen LogP) is 2.15. The van der Waals surface area contributed by atoms with Crippen molar-refractivity contribution in [3.05, 3.63) is 57.5 Å². The van der Waals surface area contributed by atoms with Gasteiger partial charge in [0.1, 0.15) is 0 Å². The first-order valence-corrected chi connectivity index (χ1v) is 5.26. The minimum atomic E-state index is -0.145. The lowest BCUT2D eigenvalue weighted by Crippen LogP contribution is -2.15. The Morgan fingerprint density at radius 2 is 2.06 bits per heavy atom. The molecule has 0 aliphatic heterocycles. The highest BCUT2D eigenvalue weighted by molar-refractivity contribution is 6.30. The van der Waals surface area contributed by atoms with Crippen molar-refractivity contribution in [3.63, 3.8) is 0 Å². The van der Waals surface area contributed by atoms with Crippen LogP contribution in [-0.2, 0) is 6.54 Å². The Kier molecular flexibility index (Phi) is 3.08. The molecule has 1 aromatic carbocycles. The van der Waals surface area contributed by atoms with E-state index >= 15 is 0 Å². The van der Waals surface area contributed by atoms with Crippen molar-refractivity contribution in [2.45, 2.75) is 6.54 Å². The summed E-state index contributed by atoms with van der Waals surface area (Å²) in [6.45, 7) is 0.226. The molecule has 2 rings (SSSR count). The average Bonchev–Trinajstić information content (AvgIpc) is 2.29. The second-order valence-corrected chi connectivity index (χ2v) is 3.89. The first kappa shape index (κ1) is 10.9. The maximum atomic E-state index is 11.3. The molecule has 82 valence electrons. The fourth-order valence-electron chi connectivity index (χ4n) is 1.52. The first-order chi connectivity index (χ1) is 7.70. The van der Waals surface area contributed by atoms with Crippen molar-refractivity contribution in [1.29, 1.82) is 0 Å². The SMILES string of the molecule is NCc1cc(-c2cccc(Cl)c2)c[nH]c1=O. The van der Waals surface area contributed by atoms with Crippen LogP contribution in [0.5, 0.6) is 0 Å². The molecule has 2 aromatic rings. The number of aromatic nitrogens is 1. The van der Waals surface area contributed by atoms with Crippen LogP contribution in [0.1, 0.15) is 5.56 Å². The lowest BCUT2D eigenvalue weighted by molar-refractivity contribution is 1.02. The van der Waals surface area contributed by atoms with Gasteiger partial charge < -0.3 is 10.7 Å². The molecule has 1 heterocycles. The molecule has 4 heteroatoms. The van der Waals surface area contributed by atoms with Crippen molar-refractivity contribution < 1.29 is 0 Å². The normalized spacial score (nSPS) is 10.4.